The van der Waals surface area contributed by atoms with Crippen LogP contribution in [-0.2, 0) is 5.41 Å². The summed E-state index contributed by atoms with van der Waals surface area (Å²) in [4.78, 5) is 2.35. The molecule has 4 nitrogen and oxygen atoms in total. The maximum Gasteiger partial charge on any atom is 0.173 e. The van der Waals surface area contributed by atoms with E-state index in [-0.39, 0.29) is 11.5 Å². The van der Waals surface area contributed by atoms with Gasteiger partial charge in [0.25, 0.3) is 0 Å². The fourth-order valence-corrected chi connectivity index (χ4v) is 6.74. The van der Waals surface area contributed by atoms with Gasteiger partial charge in [-0.2, -0.15) is 0 Å². The Bertz CT molecular complexity index is 914. The van der Waals surface area contributed by atoms with Crippen molar-refractivity contribution in [3.8, 4) is 17.2 Å². The molecule has 1 N–H and O–H groups in total. The number of fused-ring (bicyclic) bond motifs is 3. The van der Waals surface area contributed by atoms with Gasteiger partial charge in [0.05, 0.1) is 12.7 Å². The fourth-order valence-electron chi connectivity index (χ4n) is 6.74. The number of benzene rings is 2. The molecule has 0 aromatic heterocycles. The summed E-state index contributed by atoms with van der Waals surface area (Å²) in [5.74, 6) is 2.87. The van der Waals surface area contributed by atoms with E-state index in [1.807, 2.05) is 36.4 Å². The summed E-state index contributed by atoms with van der Waals surface area (Å²) in [7, 11) is 3.85. The Morgan fingerprint density at radius 1 is 1.07 bits per heavy atom. The van der Waals surface area contributed by atoms with E-state index >= 15 is 0 Å². The summed E-state index contributed by atoms with van der Waals surface area (Å²) >= 11 is 0. The lowest BCUT2D eigenvalue weighted by Crippen LogP contribution is -2.65. The van der Waals surface area contributed by atoms with Crippen LogP contribution in [-0.4, -0.2) is 42.4 Å². The summed E-state index contributed by atoms with van der Waals surface area (Å²) < 4.78 is 12.2. The highest BCUT2D eigenvalue weighted by atomic mass is 16.5. The van der Waals surface area contributed by atoms with Crippen molar-refractivity contribution >= 4 is 0 Å². The third-order valence-electron chi connectivity index (χ3n) is 7.78. The van der Waals surface area contributed by atoms with Gasteiger partial charge in [-0.25, -0.2) is 0 Å². The Kier molecular flexibility index (Phi) is 4.41. The molecule has 2 saturated carbocycles. The highest BCUT2D eigenvalue weighted by molar-refractivity contribution is 5.58. The normalized spacial score (nSPS) is 33.5. The van der Waals surface area contributed by atoms with Gasteiger partial charge in [0.2, 0.25) is 0 Å². The highest BCUT2D eigenvalue weighted by Gasteiger charge is 2.69. The predicted molar refractivity (Wildman–Crippen MR) is 114 cm³/mol. The summed E-state index contributed by atoms with van der Waals surface area (Å²) in [5.41, 5.74) is 1.34. The van der Waals surface area contributed by atoms with Gasteiger partial charge < -0.3 is 14.6 Å². The minimum atomic E-state index is -0.713. The van der Waals surface area contributed by atoms with Crippen LogP contribution in [0.15, 0.2) is 42.5 Å². The fraction of sp³-hybridized carbons (Fsp3) is 0.520. The third kappa shape index (κ3) is 2.58. The van der Waals surface area contributed by atoms with Crippen molar-refractivity contribution in [3.63, 3.8) is 0 Å². The zero-order valence-corrected chi connectivity index (χ0v) is 17.6. The van der Waals surface area contributed by atoms with Crippen LogP contribution < -0.4 is 9.47 Å². The van der Waals surface area contributed by atoms with Gasteiger partial charge in [0.15, 0.2) is 11.5 Å². The number of methoxy groups -OCH3 is 1. The van der Waals surface area contributed by atoms with E-state index in [0.29, 0.717) is 5.92 Å². The van der Waals surface area contributed by atoms with Crippen molar-refractivity contribution < 1.29 is 14.6 Å². The largest absolute Gasteiger partial charge is 0.493 e. The van der Waals surface area contributed by atoms with Gasteiger partial charge >= 0.3 is 0 Å². The predicted octanol–water partition coefficient (Wildman–Crippen LogP) is 4.67. The molecule has 2 aromatic carbocycles. The van der Waals surface area contributed by atoms with Crippen LogP contribution in [0.3, 0.4) is 0 Å². The first-order valence-electron chi connectivity index (χ1n) is 10.8. The zero-order chi connectivity index (χ0) is 20.2. The summed E-state index contributed by atoms with van der Waals surface area (Å²) in [6.45, 7) is 3.23. The Balaban J connectivity index is 1.70. The van der Waals surface area contributed by atoms with E-state index in [0.717, 1.165) is 61.5 Å². The molecule has 0 bridgehead atoms. The SMILES string of the molecule is COc1ccc(C)c([C@@]23CCCC[C@@]2(O)C2C(CN2C)C3)c1Oc1ccccc1. The standard InChI is InChI=1S/C25H31NO3/c1-17-11-12-20(28-3)22(29-19-9-5-4-6-10-19)21(17)24-13-7-8-14-25(24,27)23-18(15-24)16-26(23)2/h4-6,9-12,18,23,27H,7-8,13-16H2,1-3H3/t18?,23?,24-,25+/m0/s1. The van der Waals surface area contributed by atoms with Gasteiger partial charge in [0.1, 0.15) is 5.75 Å². The van der Waals surface area contributed by atoms with Gasteiger partial charge in [-0.3, -0.25) is 4.90 Å². The molecule has 2 aliphatic carbocycles. The van der Waals surface area contributed by atoms with E-state index in [1.165, 1.54) is 5.56 Å². The molecule has 1 saturated heterocycles. The Morgan fingerprint density at radius 2 is 1.83 bits per heavy atom. The van der Waals surface area contributed by atoms with E-state index in [4.69, 9.17) is 9.47 Å². The van der Waals surface area contributed by atoms with Crippen LogP contribution in [0.1, 0.15) is 43.2 Å². The Hall–Kier alpha value is -2.04. The van der Waals surface area contributed by atoms with Crippen molar-refractivity contribution in [2.24, 2.45) is 5.92 Å². The lowest BCUT2D eigenvalue weighted by molar-refractivity contribution is -0.121. The molecule has 29 heavy (non-hydrogen) atoms. The summed E-state index contributed by atoms with van der Waals surface area (Å²) in [6.07, 6.45) is 5.13. The molecular formula is C25H31NO3. The van der Waals surface area contributed by atoms with Crippen LogP contribution in [0.25, 0.3) is 0 Å². The number of ether oxygens (including phenoxy) is 2. The van der Waals surface area contributed by atoms with E-state index in [2.05, 4.69) is 24.9 Å². The maximum atomic E-state index is 12.2. The quantitative estimate of drug-likeness (QED) is 0.819. The minimum Gasteiger partial charge on any atom is -0.493 e. The van der Waals surface area contributed by atoms with E-state index < -0.39 is 5.60 Å². The first-order valence-corrected chi connectivity index (χ1v) is 10.8. The third-order valence-corrected chi connectivity index (χ3v) is 7.78. The molecule has 154 valence electrons. The number of aryl methyl sites for hydroxylation is 1. The van der Waals surface area contributed by atoms with E-state index in [9.17, 15) is 5.11 Å². The van der Waals surface area contributed by atoms with Crippen molar-refractivity contribution in [3.05, 3.63) is 53.6 Å². The molecule has 0 amide bonds. The van der Waals surface area contributed by atoms with Crippen molar-refractivity contribution in [2.75, 3.05) is 20.7 Å². The van der Waals surface area contributed by atoms with Crippen LogP contribution in [0.2, 0.25) is 0 Å². The van der Waals surface area contributed by atoms with Gasteiger partial charge in [-0.05, 0) is 62.9 Å². The van der Waals surface area contributed by atoms with Crippen LogP contribution in [0.4, 0.5) is 0 Å². The molecule has 4 heteroatoms. The maximum absolute atomic E-state index is 12.2. The molecule has 3 aliphatic rings. The average molecular weight is 394 g/mol. The second kappa shape index (κ2) is 6.75. The molecule has 2 unspecified atom stereocenters. The molecule has 1 heterocycles. The van der Waals surface area contributed by atoms with Crippen LogP contribution in [0.5, 0.6) is 17.2 Å². The lowest BCUT2D eigenvalue weighted by atomic mass is 9.59. The summed E-state index contributed by atoms with van der Waals surface area (Å²) in [5, 5.41) is 12.2. The highest BCUT2D eigenvalue weighted by Crippen LogP contribution is 2.65. The molecule has 0 radical (unpaired) electrons. The van der Waals surface area contributed by atoms with E-state index in [1.54, 1.807) is 7.11 Å². The molecular weight excluding hydrogens is 362 g/mol. The second-order valence-electron chi connectivity index (χ2n) is 9.27. The monoisotopic (exact) mass is 393 g/mol. The van der Waals surface area contributed by atoms with Gasteiger partial charge in [0, 0.05) is 23.6 Å². The Morgan fingerprint density at radius 3 is 2.55 bits per heavy atom. The lowest BCUT2D eigenvalue weighted by Gasteiger charge is -2.53. The Labute approximate surface area is 173 Å². The van der Waals surface area contributed by atoms with Crippen molar-refractivity contribution in [2.45, 2.75) is 56.1 Å². The molecule has 4 atom stereocenters. The molecule has 2 aromatic rings. The van der Waals surface area contributed by atoms with Gasteiger partial charge in [-0.15, -0.1) is 0 Å². The number of rotatable bonds is 4. The molecule has 5 rings (SSSR count). The first kappa shape index (κ1) is 19.0. The number of nitrogens with zero attached hydrogens (tertiary/aromatic N) is 1. The van der Waals surface area contributed by atoms with Crippen LogP contribution >= 0.6 is 0 Å². The molecule has 0 spiro atoms. The molecule has 1 aliphatic heterocycles. The first-order chi connectivity index (χ1) is 14.0. The van der Waals surface area contributed by atoms with Crippen molar-refractivity contribution in [1.29, 1.82) is 0 Å². The summed E-state index contributed by atoms with van der Waals surface area (Å²) in [6, 6.07) is 14.3. The minimum absolute atomic E-state index is 0.248. The van der Waals surface area contributed by atoms with Crippen molar-refractivity contribution in [1.82, 2.24) is 4.90 Å². The average Bonchev–Trinajstić information content (AvgIpc) is 2.92. The number of hydrogen-bond acceptors (Lipinski definition) is 4. The topological polar surface area (TPSA) is 41.9 Å². The second-order valence-corrected chi connectivity index (χ2v) is 9.27. The number of aliphatic hydroxyl groups is 1. The molecule has 3 fully saturated rings. The number of para-hydroxylation sites is 1. The van der Waals surface area contributed by atoms with Crippen LogP contribution in [0, 0.1) is 12.8 Å². The zero-order valence-electron chi connectivity index (χ0n) is 17.6. The smallest absolute Gasteiger partial charge is 0.173 e. The number of likely N-dealkylation sites (N-methyl/N-ethyl adjacent to an activating group) is 1. The number of hydrogen-bond donors (Lipinski definition) is 1. The van der Waals surface area contributed by atoms with Gasteiger partial charge in [-0.1, -0.05) is 37.1 Å². The number of likely N-dealkylation sites (tertiary alicyclic amines) is 1.